The summed E-state index contributed by atoms with van der Waals surface area (Å²) in [4.78, 5) is 23.4. The van der Waals surface area contributed by atoms with Gasteiger partial charge in [-0.05, 0) is 44.0 Å². The molecule has 2 aromatic rings. The molecule has 0 aliphatic heterocycles. The van der Waals surface area contributed by atoms with E-state index >= 15 is 0 Å². The van der Waals surface area contributed by atoms with E-state index in [1.165, 1.54) is 26.2 Å². The van der Waals surface area contributed by atoms with E-state index in [2.05, 4.69) is 5.32 Å². The van der Waals surface area contributed by atoms with Crippen LogP contribution in [0.25, 0.3) is 0 Å². The maximum absolute atomic E-state index is 12.9. The van der Waals surface area contributed by atoms with Crippen LogP contribution in [0.3, 0.4) is 0 Å². The molecule has 1 amide bonds. The second kappa shape index (κ2) is 8.48. The van der Waals surface area contributed by atoms with Crippen LogP contribution in [0.4, 0.5) is 17.1 Å². The second-order valence-electron chi connectivity index (χ2n) is 6.66. The van der Waals surface area contributed by atoms with Gasteiger partial charge in [0.2, 0.25) is 15.9 Å². The average Bonchev–Trinajstić information content (AvgIpc) is 2.62. The first kappa shape index (κ1) is 22.2. The molecule has 2 rings (SSSR count). The molecule has 0 saturated carbocycles. The minimum Gasteiger partial charge on any atom is -0.495 e. The quantitative estimate of drug-likeness (QED) is 0.542. The van der Waals surface area contributed by atoms with Crippen LogP contribution in [0.5, 0.6) is 5.75 Å². The van der Waals surface area contributed by atoms with Gasteiger partial charge < -0.3 is 10.1 Å². The monoisotopic (exact) mass is 421 g/mol. The first-order valence-corrected chi connectivity index (χ1v) is 10.5. The molecule has 0 saturated heterocycles. The van der Waals surface area contributed by atoms with Crippen LogP contribution in [0.1, 0.15) is 18.1 Å². The number of amides is 1. The second-order valence-corrected chi connectivity index (χ2v) is 8.52. The smallest absolute Gasteiger partial charge is 0.271 e. The van der Waals surface area contributed by atoms with E-state index in [0.717, 1.165) is 22.2 Å². The summed E-state index contributed by atoms with van der Waals surface area (Å²) in [5, 5.41) is 13.8. The molecule has 10 heteroatoms. The molecular formula is C19H23N3O6S. The van der Waals surface area contributed by atoms with Crippen LogP contribution in [0, 0.1) is 24.0 Å². The molecule has 2 aromatic carbocycles. The Bertz CT molecular complexity index is 1050. The predicted octanol–water partition coefficient (Wildman–Crippen LogP) is 3.01. The highest BCUT2D eigenvalue weighted by molar-refractivity contribution is 7.92. The van der Waals surface area contributed by atoms with Crippen molar-refractivity contribution in [1.82, 2.24) is 0 Å². The lowest BCUT2D eigenvalue weighted by Gasteiger charge is -2.29. The number of nitrogens with one attached hydrogen (secondary N) is 1. The van der Waals surface area contributed by atoms with Gasteiger partial charge in [0.15, 0.2) is 0 Å². The Hall–Kier alpha value is -3.14. The number of sulfonamides is 1. The number of rotatable bonds is 7. The molecule has 1 atom stereocenters. The minimum atomic E-state index is -3.92. The number of nitro groups is 1. The number of ether oxygens (including phenoxy) is 1. The number of carbonyl (C=O) groups excluding carboxylic acids is 1. The summed E-state index contributed by atoms with van der Waals surface area (Å²) in [7, 11) is -2.47. The van der Waals surface area contributed by atoms with Gasteiger partial charge in [-0.2, -0.15) is 0 Å². The Morgan fingerprint density at radius 1 is 1.21 bits per heavy atom. The number of nitrogens with zero attached hydrogens (tertiary/aromatic N) is 2. The number of hydrogen-bond acceptors (Lipinski definition) is 6. The van der Waals surface area contributed by atoms with Crippen LogP contribution < -0.4 is 14.4 Å². The summed E-state index contributed by atoms with van der Waals surface area (Å²) in [6, 6.07) is 7.90. The molecule has 156 valence electrons. The van der Waals surface area contributed by atoms with Gasteiger partial charge in [0.1, 0.15) is 11.8 Å². The molecule has 1 unspecified atom stereocenters. The summed E-state index contributed by atoms with van der Waals surface area (Å²) in [5.74, 6) is -0.182. The minimum absolute atomic E-state index is 0.0700. The van der Waals surface area contributed by atoms with Crippen LogP contribution in [0.2, 0.25) is 0 Å². The third-order valence-electron chi connectivity index (χ3n) is 4.34. The number of anilines is 2. The Morgan fingerprint density at radius 2 is 1.86 bits per heavy atom. The summed E-state index contributed by atoms with van der Waals surface area (Å²) in [5.41, 5.74) is 1.55. The Morgan fingerprint density at radius 3 is 2.41 bits per heavy atom. The number of benzene rings is 2. The highest BCUT2D eigenvalue weighted by Gasteiger charge is 2.31. The van der Waals surface area contributed by atoms with Gasteiger partial charge in [0.25, 0.3) is 5.69 Å². The number of carbonyl (C=O) groups is 1. The summed E-state index contributed by atoms with van der Waals surface area (Å²) < 4.78 is 31.1. The number of hydrogen-bond donors (Lipinski definition) is 1. The Balaban J connectivity index is 2.47. The maximum Gasteiger partial charge on any atom is 0.271 e. The van der Waals surface area contributed by atoms with E-state index in [-0.39, 0.29) is 11.4 Å². The van der Waals surface area contributed by atoms with Crippen molar-refractivity contribution in [2.75, 3.05) is 23.0 Å². The van der Waals surface area contributed by atoms with Crippen molar-refractivity contribution in [3.05, 3.63) is 57.6 Å². The zero-order valence-electron chi connectivity index (χ0n) is 16.8. The van der Waals surface area contributed by atoms with E-state index in [9.17, 15) is 23.3 Å². The number of nitro benzene ring substituents is 1. The van der Waals surface area contributed by atoms with Gasteiger partial charge in [-0.25, -0.2) is 8.42 Å². The summed E-state index contributed by atoms with van der Waals surface area (Å²) >= 11 is 0. The van der Waals surface area contributed by atoms with Crippen LogP contribution in [-0.2, 0) is 14.8 Å². The molecule has 0 heterocycles. The molecule has 0 aliphatic rings. The largest absolute Gasteiger partial charge is 0.495 e. The molecule has 0 fully saturated rings. The molecule has 1 N–H and O–H groups in total. The summed E-state index contributed by atoms with van der Waals surface area (Å²) in [6.07, 6.45) is 0.947. The fourth-order valence-electron chi connectivity index (χ4n) is 2.89. The molecule has 0 radical (unpaired) electrons. The fraction of sp³-hybridized carbons (Fsp3) is 0.316. The van der Waals surface area contributed by atoms with Gasteiger partial charge >= 0.3 is 0 Å². The van der Waals surface area contributed by atoms with E-state index in [4.69, 9.17) is 4.74 Å². The highest BCUT2D eigenvalue weighted by Crippen LogP contribution is 2.30. The lowest BCUT2D eigenvalue weighted by atomic mass is 10.1. The average molecular weight is 421 g/mol. The van der Waals surface area contributed by atoms with E-state index in [1.54, 1.807) is 19.1 Å². The number of methoxy groups -OCH3 is 1. The highest BCUT2D eigenvalue weighted by atomic mass is 32.2. The fourth-order valence-corrected chi connectivity index (χ4v) is 4.11. The standard InChI is InChI=1S/C19H23N3O6S/c1-12-6-9-18(28-4)16(10-12)20-19(23)14(3)21(29(5,26)27)17-11-15(22(24)25)8-7-13(17)2/h6-11,14H,1-5H3,(H,20,23). The van der Waals surface area contributed by atoms with Crippen LogP contribution >= 0.6 is 0 Å². The van der Waals surface area contributed by atoms with Crippen molar-refractivity contribution in [2.24, 2.45) is 0 Å². The normalized spacial score (nSPS) is 12.2. The van der Waals surface area contributed by atoms with E-state index in [1.807, 2.05) is 13.0 Å². The van der Waals surface area contributed by atoms with Crippen LogP contribution in [-0.4, -0.2) is 38.7 Å². The first-order valence-electron chi connectivity index (χ1n) is 8.65. The molecular weight excluding hydrogens is 398 g/mol. The van der Waals surface area contributed by atoms with Crippen molar-refractivity contribution in [3.8, 4) is 5.75 Å². The first-order chi connectivity index (χ1) is 13.5. The molecule has 29 heavy (non-hydrogen) atoms. The molecule has 0 aromatic heterocycles. The zero-order chi connectivity index (χ0) is 21.9. The Labute approximate surface area is 169 Å². The van der Waals surface area contributed by atoms with E-state index < -0.39 is 26.9 Å². The Kier molecular flexibility index (Phi) is 6.48. The van der Waals surface area contributed by atoms with Gasteiger partial charge in [-0.15, -0.1) is 0 Å². The van der Waals surface area contributed by atoms with Crippen LogP contribution in [0.15, 0.2) is 36.4 Å². The molecule has 0 spiro atoms. The van der Waals surface area contributed by atoms with Crippen molar-refractivity contribution >= 4 is 33.0 Å². The summed E-state index contributed by atoms with van der Waals surface area (Å²) in [6.45, 7) is 4.87. The van der Waals surface area contributed by atoms with Crippen molar-refractivity contribution < 1.29 is 22.9 Å². The third kappa shape index (κ3) is 5.02. The number of aryl methyl sites for hydroxylation is 2. The third-order valence-corrected chi connectivity index (χ3v) is 5.57. The molecule has 0 aliphatic carbocycles. The van der Waals surface area contributed by atoms with Gasteiger partial charge in [0, 0.05) is 12.1 Å². The zero-order valence-corrected chi connectivity index (χ0v) is 17.6. The molecule has 0 bridgehead atoms. The van der Waals surface area contributed by atoms with Gasteiger partial charge in [0.05, 0.1) is 29.7 Å². The number of non-ortho nitro benzene ring substituents is 1. The van der Waals surface area contributed by atoms with Crippen molar-refractivity contribution in [1.29, 1.82) is 0 Å². The maximum atomic E-state index is 12.9. The van der Waals surface area contributed by atoms with Crippen molar-refractivity contribution in [3.63, 3.8) is 0 Å². The predicted molar refractivity (Wildman–Crippen MR) is 111 cm³/mol. The molecule has 9 nitrogen and oxygen atoms in total. The van der Waals surface area contributed by atoms with Gasteiger partial charge in [-0.3, -0.25) is 19.2 Å². The van der Waals surface area contributed by atoms with E-state index in [0.29, 0.717) is 17.0 Å². The van der Waals surface area contributed by atoms with Gasteiger partial charge in [-0.1, -0.05) is 12.1 Å². The van der Waals surface area contributed by atoms with Crippen molar-refractivity contribution in [2.45, 2.75) is 26.8 Å². The topological polar surface area (TPSA) is 119 Å². The lowest BCUT2D eigenvalue weighted by Crippen LogP contribution is -2.45. The lowest BCUT2D eigenvalue weighted by molar-refractivity contribution is -0.384. The SMILES string of the molecule is COc1ccc(C)cc1NC(=O)C(C)N(c1cc([N+](=O)[O-])ccc1C)S(C)(=O)=O.